The summed E-state index contributed by atoms with van der Waals surface area (Å²) in [6.45, 7) is 7.32. The van der Waals surface area contributed by atoms with Crippen LogP contribution < -0.4 is 5.32 Å². The van der Waals surface area contributed by atoms with E-state index in [1.165, 1.54) is 5.56 Å². The SMILES string of the molecule is Cc1cc(CN2CCC(CNC(=O)CN3C(=O)CCC3=O)CC2)c(C)o1. The summed E-state index contributed by atoms with van der Waals surface area (Å²) in [7, 11) is 0. The topological polar surface area (TPSA) is 82.9 Å². The van der Waals surface area contributed by atoms with Gasteiger partial charge in [0.2, 0.25) is 17.7 Å². The summed E-state index contributed by atoms with van der Waals surface area (Å²) in [5, 5.41) is 2.88. The number of carbonyl (C=O) groups is 3. The fourth-order valence-corrected chi connectivity index (χ4v) is 3.69. The highest BCUT2D eigenvalue weighted by molar-refractivity contribution is 6.04. The van der Waals surface area contributed by atoms with Crippen LogP contribution in [-0.4, -0.2) is 53.7 Å². The highest BCUT2D eigenvalue weighted by Crippen LogP contribution is 2.21. The van der Waals surface area contributed by atoms with Crippen LogP contribution in [0.1, 0.15) is 42.8 Å². The maximum Gasteiger partial charge on any atom is 0.240 e. The molecule has 7 heteroatoms. The maximum atomic E-state index is 12.0. The van der Waals surface area contributed by atoms with E-state index in [2.05, 4.69) is 16.3 Å². The molecule has 0 atom stereocenters. The second-order valence-corrected chi connectivity index (χ2v) is 7.34. The van der Waals surface area contributed by atoms with Crippen molar-refractivity contribution >= 4 is 17.7 Å². The van der Waals surface area contributed by atoms with E-state index in [0.717, 1.165) is 48.9 Å². The number of amides is 3. The monoisotopic (exact) mass is 361 g/mol. The first-order chi connectivity index (χ1) is 12.4. The van der Waals surface area contributed by atoms with Gasteiger partial charge >= 0.3 is 0 Å². The van der Waals surface area contributed by atoms with Gasteiger partial charge in [-0.2, -0.15) is 0 Å². The van der Waals surface area contributed by atoms with E-state index in [1.807, 2.05) is 13.8 Å². The van der Waals surface area contributed by atoms with E-state index in [0.29, 0.717) is 12.5 Å². The molecule has 0 radical (unpaired) electrons. The van der Waals surface area contributed by atoms with Gasteiger partial charge in [0.05, 0.1) is 0 Å². The third-order valence-electron chi connectivity index (χ3n) is 5.29. The van der Waals surface area contributed by atoms with Crippen molar-refractivity contribution in [1.82, 2.24) is 15.1 Å². The number of piperidine rings is 1. The van der Waals surface area contributed by atoms with Crippen LogP contribution in [0.2, 0.25) is 0 Å². The van der Waals surface area contributed by atoms with Crippen molar-refractivity contribution in [3.63, 3.8) is 0 Å². The molecule has 0 saturated carbocycles. The van der Waals surface area contributed by atoms with E-state index < -0.39 is 0 Å². The number of nitrogens with zero attached hydrogens (tertiary/aromatic N) is 2. The average Bonchev–Trinajstić information content (AvgIpc) is 3.09. The zero-order valence-corrected chi connectivity index (χ0v) is 15.5. The summed E-state index contributed by atoms with van der Waals surface area (Å²) in [5.41, 5.74) is 1.24. The Morgan fingerprint density at radius 2 is 1.85 bits per heavy atom. The zero-order valence-electron chi connectivity index (χ0n) is 15.5. The van der Waals surface area contributed by atoms with Crippen molar-refractivity contribution in [1.29, 1.82) is 0 Å². The predicted molar refractivity (Wildman–Crippen MR) is 95.1 cm³/mol. The molecular weight excluding hydrogens is 334 g/mol. The van der Waals surface area contributed by atoms with Gasteiger partial charge in [0.25, 0.3) is 0 Å². The summed E-state index contributed by atoms with van der Waals surface area (Å²) < 4.78 is 5.59. The van der Waals surface area contributed by atoms with Crippen molar-refractivity contribution in [2.75, 3.05) is 26.2 Å². The van der Waals surface area contributed by atoms with Gasteiger partial charge in [-0.25, -0.2) is 0 Å². The number of furan rings is 1. The van der Waals surface area contributed by atoms with Gasteiger partial charge < -0.3 is 9.73 Å². The van der Waals surface area contributed by atoms with Crippen LogP contribution in [-0.2, 0) is 20.9 Å². The van der Waals surface area contributed by atoms with Crippen molar-refractivity contribution in [2.24, 2.45) is 5.92 Å². The molecule has 3 rings (SSSR count). The first-order valence-electron chi connectivity index (χ1n) is 9.30. The zero-order chi connectivity index (χ0) is 18.7. The largest absolute Gasteiger partial charge is 0.466 e. The fraction of sp³-hybridized carbons (Fsp3) is 0.632. The Labute approximate surface area is 153 Å². The molecule has 2 aliphatic heterocycles. The molecule has 1 aromatic heterocycles. The summed E-state index contributed by atoms with van der Waals surface area (Å²) >= 11 is 0. The second kappa shape index (κ2) is 8.03. The van der Waals surface area contributed by atoms with Crippen molar-refractivity contribution in [3.05, 3.63) is 23.2 Å². The molecule has 0 spiro atoms. The first-order valence-corrected chi connectivity index (χ1v) is 9.30. The van der Waals surface area contributed by atoms with Gasteiger partial charge in [-0.1, -0.05) is 0 Å². The maximum absolute atomic E-state index is 12.0. The third-order valence-corrected chi connectivity index (χ3v) is 5.29. The highest BCUT2D eigenvalue weighted by Gasteiger charge is 2.30. The summed E-state index contributed by atoms with van der Waals surface area (Å²) in [4.78, 5) is 38.6. The number of nitrogens with one attached hydrogen (secondary N) is 1. The number of aryl methyl sites for hydroxylation is 2. The molecule has 1 aromatic rings. The fourth-order valence-electron chi connectivity index (χ4n) is 3.69. The van der Waals surface area contributed by atoms with Gasteiger partial charge in [0.1, 0.15) is 18.1 Å². The van der Waals surface area contributed by atoms with Crippen LogP contribution in [0.4, 0.5) is 0 Å². The predicted octanol–water partition coefficient (Wildman–Crippen LogP) is 1.37. The minimum absolute atomic E-state index is 0.143. The van der Waals surface area contributed by atoms with Crippen LogP contribution in [0.5, 0.6) is 0 Å². The van der Waals surface area contributed by atoms with Crippen LogP contribution in [0, 0.1) is 19.8 Å². The minimum Gasteiger partial charge on any atom is -0.466 e. The number of rotatable bonds is 6. The molecule has 26 heavy (non-hydrogen) atoms. The molecule has 3 heterocycles. The Balaban J connectivity index is 1.37. The molecule has 2 aliphatic rings. The average molecular weight is 361 g/mol. The number of imide groups is 1. The normalized spacial score (nSPS) is 19.4. The Kier molecular flexibility index (Phi) is 5.76. The molecule has 1 N–H and O–H groups in total. The third kappa shape index (κ3) is 4.52. The lowest BCUT2D eigenvalue weighted by Crippen LogP contribution is -2.43. The molecule has 7 nitrogen and oxygen atoms in total. The van der Waals surface area contributed by atoms with Crippen LogP contribution >= 0.6 is 0 Å². The smallest absolute Gasteiger partial charge is 0.240 e. The molecule has 2 fully saturated rings. The molecule has 142 valence electrons. The van der Waals surface area contributed by atoms with Crippen molar-refractivity contribution < 1.29 is 18.8 Å². The molecular formula is C19H27N3O4. The number of likely N-dealkylation sites (tertiary alicyclic amines) is 2. The Bertz CT molecular complexity index is 673. The molecule has 0 bridgehead atoms. The van der Waals surface area contributed by atoms with Gasteiger partial charge in [0.15, 0.2) is 0 Å². The Hall–Kier alpha value is -2.15. The van der Waals surface area contributed by atoms with Gasteiger partial charge in [-0.05, 0) is 51.8 Å². The second-order valence-electron chi connectivity index (χ2n) is 7.34. The van der Waals surface area contributed by atoms with Gasteiger partial charge in [0, 0.05) is 31.5 Å². The molecule has 0 unspecified atom stereocenters. The summed E-state index contributed by atoms with van der Waals surface area (Å²) in [5.74, 6) is 1.63. The Morgan fingerprint density at radius 3 is 2.42 bits per heavy atom. The number of hydrogen-bond acceptors (Lipinski definition) is 5. The van der Waals surface area contributed by atoms with E-state index in [4.69, 9.17) is 4.42 Å². The lowest BCUT2D eigenvalue weighted by atomic mass is 9.96. The highest BCUT2D eigenvalue weighted by atomic mass is 16.3. The molecule has 3 amide bonds. The van der Waals surface area contributed by atoms with Crippen LogP contribution in [0.3, 0.4) is 0 Å². The quantitative estimate of drug-likeness (QED) is 0.774. The summed E-state index contributed by atoms with van der Waals surface area (Å²) in [6, 6.07) is 2.10. The van der Waals surface area contributed by atoms with E-state index in [1.54, 1.807) is 0 Å². The lowest BCUT2D eigenvalue weighted by Gasteiger charge is -2.32. The molecule has 0 aromatic carbocycles. The molecule has 0 aliphatic carbocycles. The van der Waals surface area contributed by atoms with Crippen LogP contribution in [0.15, 0.2) is 10.5 Å². The Morgan fingerprint density at radius 1 is 1.19 bits per heavy atom. The number of hydrogen-bond donors (Lipinski definition) is 1. The van der Waals surface area contributed by atoms with Gasteiger partial charge in [-0.3, -0.25) is 24.2 Å². The van der Waals surface area contributed by atoms with E-state index in [-0.39, 0.29) is 37.1 Å². The van der Waals surface area contributed by atoms with Crippen molar-refractivity contribution in [3.8, 4) is 0 Å². The molecule has 2 saturated heterocycles. The van der Waals surface area contributed by atoms with Crippen LogP contribution in [0.25, 0.3) is 0 Å². The minimum atomic E-state index is -0.250. The standard InChI is InChI=1S/C19H27N3O4/c1-13-9-16(14(2)26-13)11-21-7-5-15(6-8-21)10-20-17(23)12-22-18(24)3-4-19(22)25/h9,15H,3-8,10-12H2,1-2H3,(H,20,23). The summed E-state index contributed by atoms with van der Waals surface area (Å²) in [6.07, 6.45) is 2.50. The first kappa shape index (κ1) is 18.6. The number of carbonyl (C=O) groups excluding carboxylic acids is 3. The van der Waals surface area contributed by atoms with Crippen molar-refractivity contribution in [2.45, 2.75) is 46.1 Å². The van der Waals surface area contributed by atoms with E-state index >= 15 is 0 Å². The lowest BCUT2D eigenvalue weighted by molar-refractivity contribution is -0.142. The van der Waals surface area contributed by atoms with E-state index in [9.17, 15) is 14.4 Å². The van der Waals surface area contributed by atoms with Gasteiger partial charge in [-0.15, -0.1) is 0 Å².